The molecule has 0 unspecified atom stereocenters. The van der Waals surface area contributed by atoms with Gasteiger partial charge in [0.1, 0.15) is 6.61 Å². The van der Waals surface area contributed by atoms with Crippen LogP contribution in [-0.4, -0.2) is 38.3 Å². The van der Waals surface area contributed by atoms with Crippen molar-refractivity contribution < 1.29 is 19.1 Å². The van der Waals surface area contributed by atoms with Crippen LogP contribution in [0.5, 0.6) is 0 Å². The number of carbonyl (C=O) groups is 2. The van der Waals surface area contributed by atoms with Gasteiger partial charge >= 0.3 is 12.1 Å². The number of hydrogen-bond acceptors (Lipinski definition) is 5. The van der Waals surface area contributed by atoms with Crippen molar-refractivity contribution in [3.8, 4) is 0 Å². The largest absolute Gasteiger partial charge is 0.466 e. The molecule has 35 heavy (non-hydrogen) atoms. The molecule has 0 bridgehead atoms. The quantitative estimate of drug-likeness (QED) is 0.434. The third-order valence-corrected chi connectivity index (χ3v) is 6.14. The molecule has 0 N–H and O–H groups in total. The highest BCUT2D eigenvalue weighted by molar-refractivity contribution is 5.92. The monoisotopic (exact) mass is 482 g/mol. The van der Waals surface area contributed by atoms with Gasteiger partial charge in [-0.3, -0.25) is 9.69 Å². The van der Waals surface area contributed by atoms with Crippen LogP contribution < -0.4 is 9.80 Å². The number of nitrogens with zero attached hydrogens (tertiary/aromatic N) is 2. The van der Waals surface area contributed by atoms with E-state index in [1.807, 2.05) is 77.1 Å². The van der Waals surface area contributed by atoms with Crippen molar-refractivity contribution in [3.63, 3.8) is 0 Å². The summed E-state index contributed by atoms with van der Waals surface area (Å²) in [5, 5.41) is 0. The van der Waals surface area contributed by atoms with Crippen LogP contribution in [0.1, 0.15) is 65.0 Å². The summed E-state index contributed by atoms with van der Waals surface area (Å²) in [5.74, 6) is 0.294. The summed E-state index contributed by atoms with van der Waals surface area (Å²) in [5.41, 5.74) is 4.34. The van der Waals surface area contributed by atoms with Crippen molar-refractivity contribution in [2.24, 2.45) is 5.92 Å². The zero-order chi connectivity index (χ0) is 25.6. The van der Waals surface area contributed by atoms with Gasteiger partial charge in [0.15, 0.2) is 0 Å². The van der Waals surface area contributed by atoms with Crippen LogP contribution in [0.3, 0.4) is 0 Å². The first kappa shape index (κ1) is 28.2. The Kier molecular flexibility index (Phi) is 12.2. The minimum absolute atomic E-state index is 0.0915. The summed E-state index contributed by atoms with van der Waals surface area (Å²) in [4.78, 5) is 28.6. The topological polar surface area (TPSA) is 59.1 Å². The molecule has 1 amide bonds. The average molecular weight is 483 g/mol. The molecule has 2 aromatic carbocycles. The highest BCUT2D eigenvalue weighted by atomic mass is 16.6. The lowest BCUT2D eigenvalue weighted by Crippen LogP contribution is -2.35. The fourth-order valence-corrected chi connectivity index (χ4v) is 4.53. The normalized spacial score (nSPS) is 14.7. The Bertz CT molecular complexity index is 908. The second-order valence-corrected chi connectivity index (χ2v) is 8.16. The second kappa shape index (κ2) is 15.1. The first-order valence-electron chi connectivity index (χ1n) is 13.2. The molecular formula is C29H42N2O4. The molecule has 2 heterocycles. The number of piperidine rings is 1. The van der Waals surface area contributed by atoms with E-state index < -0.39 is 0 Å². The van der Waals surface area contributed by atoms with Crippen molar-refractivity contribution >= 4 is 23.4 Å². The van der Waals surface area contributed by atoms with Crippen LogP contribution in [0, 0.1) is 5.92 Å². The van der Waals surface area contributed by atoms with Crippen LogP contribution in [0.4, 0.5) is 16.2 Å². The molecular weight excluding hydrogens is 440 g/mol. The summed E-state index contributed by atoms with van der Waals surface area (Å²) in [7, 11) is 0. The van der Waals surface area contributed by atoms with E-state index in [1.165, 1.54) is 11.3 Å². The number of ether oxygens (including phenoxy) is 2. The number of benzene rings is 2. The maximum atomic E-state index is 12.7. The lowest BCUT2D eigenvalue weighted by atomic mass is 9.93. The Morgan fingerprint density at radius 1 is 0.857 bits per heavy atom. The molecule has 2 aromatic rings. The Morgan fingerprint density at radius 3 is 2.17 bits per heavy atom. The van der Waals surface area contributed by atoms with Gasteiger partial charge in [0.25, 0.3) is 0 Å². The first-order valence-corrected chi connectivity index (χ1v) is 13.2. The van der Waals surface area contributed by atoms with Crippen LogP contribution in [0.25, 0.3) is 0 Å². The Morgan fingerprint density at radius 2 is 1.51 bits per heavy atom. The maximum absolute atomic E-state index is 12.7. The molecule has 0 spiro atoms. The zero-order valence-corrected chi connectivity index (χ0v) is 22.1. The molecule has 1 saturated heterocycles. The van der Waals surface area contributed by atoms with Gasteiger partial charge in [-0.25, -0.2) is 4.79 Å². The highest BCUT2D eigenvalue weighted by Crippen LogP contribution is 2.37. The van der Waals surface area contributed by atoms with E-state index in [1.54, 1.807) is 4.90 Å². The second-order valence-electron chi connectivity index (χ2n) is 8.16. The molecule has 6 nitrogen and oxygen atoms in total. The minimum Gasteiger partial charge on any atom is -0.466 e. The molecule has 1 fully saturated rings. The zero-order valence-electron chi connectivity index (χ0n) is 22.1. The van der Waals surface area contributed by atoms with Gasteiger partial charge < -0.3 is 14.4 Å². The Hall–Kier alpha value is -3.02. The lowest BCUT2D eigenvalue weighted by molar-refractivity contribution is -0.144. The molecule has 0 radical (unpaired) electrons. The molecule has 2 aliphatic heterocycles. The number of rotatable bonds is 6. The van der Waals surface area contributed by atoms with Gasteiger partial charge in [0.05, 0.1) is 12.3 Å². The summed E-state index contributed by atoms with van der Waals surface area (Å²) in [6, 6.07) is 15.9. The molecule has 0 atom stereocenters. The average Bonchev–Trinajstić information content (AvgIpc) is 3.35. The van der Waals surface area contributed by atoms with E-state index in [-0.39, 0.29) is 18.7 Å². The minimum atomic E-state index is -0.298. The van der Waals surface area contributed by atoms with Crippen molar-refractivity contribution in [2.75, 3.05) is 36.0 Å². The molecule has 4 rings (SSSR count). The van der Waals surface area contributed by atoms with Crippen LogP contribution in [-0.2, 0) is 27.3 Å². The number of amides is 1. The van der Waals surface area contributed by atoms with Crippen LogP contribution in [0.2, 0.25) is 0 Å². The number of carbonyl (C=O) groups excluding carboxylic acids is 2. The van der Waals surface area contributed by atoms with Gasteiger partial charge in [0, 0.05) is 37.3 Å². The van der Waals surface area contributed by atoms with Crippen molar-refractivity contribution in [1.82, 2.24) is 0 Å². The van der Waals surface area contributed by atoms with Crippen molar-refractivity contribution in [1.29, 1.82) is 0 Å². The molecule has 0 saturated carbocycles. The lowest BCUT2D eigenvalue weighted by Gasteiger charge is -2.34. The standard InChI is InChI=1S/C25H30N2O4.2C2H6/c1-2-30-24(28)17-19-11-14-26(15-12-19)22-9-6-10-23-21(22)13-16-27(23)25(29)31-18-20-7-4-3-5-8-20;2*1-2/h3-10,19H,2,11-18H2,1H3;2*1-2H3. The van der Waals surface area contributed by atoms with Crippen molar-refractivity contribution in [3.05, 3.63) is 59.7 Å². The van der Waals surface area contributed by atoms with E-state index in [0.717, 1.165) is 43.6 Å². The Labute approximate surface area is 211 Å². The number of fused-ring (bicyclic) bond motifs is 1. The maximum Gasteiger partial charge on any atom is 0.414 e. The molecule has 2 aliphatic rings. The smallest absolute Gasteiger partial charge is 0.414 e. The van der Waals surface area contributed by atoms with Crippen molar-refractivity contribution in [2.45, 2.75) is 66.9 Å². The van der Waals surface area contributed by atoms with E-state index in [9.17, 15) is 9.59 Å². The number of hydrogen-bond donors (Lipinski definition) is 0. The molecule has 6 heteroatoms. The number of anilines is 2. The van der Waals surface area contributed by atoms with E-state index in [2.05, 4.69) is 11.0 Å². The predicted octanol–water partition coefficient (Wildman–Crippen LogP) is 6.61. The van der Waals surface area contributed by atoms with Gasteiger partial charge in [-0.2, -0.15) is 0 Å². The van der Waals surface area contributed by atoms with E-state index in [4.69, 9.17) is 9.47 Å². The molecule has 0 aliphatic carbocycles. The summed E-state index contributed by atoms with van der Waals surface area (Å²) in [6.45, 7) is 13.0. The fourth-order valence-electron chi connectivity index (χ4n) is 4.53. The molecule has 192 valence electrons. The van der Waals surface area contributed by atoms with Crippen LogP contribution in [0.15, 0.2) is 48.5 Å². The first-order chi connectivity index (χ1) is 17.2. The van der Waals surface area contributed by atoms with E-state index >= 15 is 0 Å². The Balaban J connectivity index is 0.00000103. The third-order valence-electron chi connectivity index (χ3n) is 6.14. The van der Waals surface area contributed by atoms with E-state index in [0.29, 0.717) is 25.5 Å². The third kappa shape index (κ3) is 7.74. The SMILES string of the molecule is CC.CC.CCOC(=O)CC1CCN(c2cccc3c2CCN3C(=O)OCc2ccccc2)CC1. The molecule has 0 aromatic heterocycles. The summed E-state index contributed by atoms with van der Waals surface area (Å²) < 4.78 is 10.7. The fraction of sp³-hybridized carbons (Fsp3) is 0.517. The van der Waals surface area contributed by atoms with Crippen LogP contribution >= 0.6 is 0 Å². The summed E-state index contributed by atoms with van der Waals surface area (Å²) >= 11 is 0. The van der Waals surface area contributed by atoms with Gasteiger partial charge in [-0.15, -0.1) is 0 Å². The van der Waals surface area contributed by atoms with Gasteiger partial charge in [0.2, 0.25) is 0 Å². The highest BCUT2D eigenvalue weighted by Gasteiger charge is 2.30. The van der Waals surface area contributed by atoms with Gasteiger partial charge in [-0.05, 0) is 49.8 Å². The number of esters is 1. The summed E-state index contributed by atoms with van der Waals surface area (Å²) in [6.07, 6.45) is 2.99. The predicted molar refractivity (Wildman–Crippen MR) is 143 cm³/mol. The van der Waals surface area contributed by atoms with Gasteiger partial charge in [-0.1, -0.05) is 64.1 Å².